The van der Waals surface area contributed by atoms with Crippen molar-refractivity contribution in [3.05, 3.63) is 71.4 Å². The third kappa shape index (κ3) is 3.48. The van der Waals surface area contributed by atoms with E-state index in [0.717, 1.165) is 37.1 Å². The highest BCUT2D eigenvalue weighted by atomic mass is 16.5. The zero-order valence-electron chi connectivity index (χ0n) is 22.7. The topological polar surface area (TPSA) is 31.2 Å². The summed E-state index contributed by atoms with van der Waals surface area (Å²) in [6, 6.07) is 20.2. The number of fused-ring (bicyclic) bond motifs is 9. The second-order valence-corrected chi connectivity index (χ2v) is 13.2. The molecular weight excluding hydrogens is 454 g/mol. The van der Waals surface area contributed by atoms with E-state index in [1.165, 1.54) is 55.0 Å². The van der Waals surface area contributed by atoms with E-state index in [1.807, 2.05) is 0 Å². The molecule has 7 atom stereocenters. The lowest BCUT2D eigenvalue weighted by molar-refractivity contribution is -0.157. The third-order valence-corrected chi connectivity index (χ3v) is 11.6. The molecule has 0 bridgehead atoms. The molecule has 4 aliphatic rings. The zero-order valence-corrected chi connectivity index (χ0v) is 22.7. The van der Waals surface area contributed by atoms with Crippen LogP contribution in [0.15, 0.2) is 54.6 Å². The predicted molar refractivity (Wildman–Crippen MR) is 148 cm³/mol. The molecule has 7 rings (SSSR count). The van der Waals surface area contributed by atoms with E-state index in [2.05, 4.69) is 73.0 Å². The largest absolute Gasteiger partial charge is 0.463 e. The van der Waals surface area contributed by atoms with E-state index >= 15 is 0 Å². The minimum absolute atomic E-state index is 0.109. The quantitative estimate of drug-likeness (QED) is 0.349. The van der Waals surface area contributed by atoms with Crippen LogP contribution in [0.3, 0.4) is 0 Å². The Labute approximate surface area is 221 Å². The molecule has 2 aromatic carbocycles. The van der Waals surface area contributed by atoms with Crippen LogP contribution in [-0.2, 0) is 27.9 Å². The molecule has 3 heteroatoms. The van der Waals surface area contributed by atoms with Crippen molar-refractivity contribution in [3.63, 3.8) is 0 Å². The summed E-state index contributed by atoms with van der Waals surface area (Å²) >= 11 is 0. The second kappa shape index (κ2) is 8.48. The van der Waals surface area contributed by atoms with E-state index in [1.54, 1.807) is 18.2 Å². The first-order valence-electron chi connectivity index (χ1n) is 14.7. The van der Waals surface area contributed by atoms with E-state index in [4.69, 9.17) is 4.74 Å². The van der Waals surface area contributed by atoms with Crippen molar-refractivity contribution in [1.82, 2.24) is 4.57 Å². The van der Waals surface area contributed by atoms with E-state index in [0.29, 0.717) is 11.3 Å². The van der Waals surface area contributed by atoms with Crippen LogP contribution in [0.1, 0.15) is 82.5 Å². The van der Waals surface area contributed by atoms with Gasteiger partial charge in [0, 0.05) is 35.5 Å². The Morgan fingerprint density at radius 1 is 0.946 bits per heavy atom. The van der Waals surface area contributed by atoms with Crippen molar-refractivity contribution in [2.24, 2.45) is 29.1 Å². The molecule has 194 valence electrons. The number of para-hydroxylation sites is 1. The van der Waals surface area contributed by atoms with Gasteiger partial charge in [-0.25, -0.2) is 0 Å². The monoisotopic (exact) mass is 495 g/mol. The molecule has 1 aromatic heterocycles. The molecule has 0 amide bonds. The summed E-state index contributed by atoms with van der Waals surface area (Å²) in [5.74, 6) is 2.95. The van der Waals surface area contributed by atoms with Crippen LogP contribution in [0.2, 0.25) is 0 Å². The summed E-state index contributed by atoms with van der Waals surface area (Å²) in [4.78, 5) is 11.6. The first kappa shape index (κ1) is 23.6. The summed E-state index contributed by atoms with van der Waals surface area (Å²) in [6.45, 7) is 7.75. The van der Waals surface area contributed by atoms with Crippen molar-refractivity contribution in [2.45, 2.75) is 90.2 Å². The molecule has 0 spiro atoms. The van der Waals surface area contributed by atoms with Crippen LogP contribution < -0.4 is 0 Å². The number of ether oxygens (including phenoxy) is 1. The molecule has 3 saturated carbocycles. The number of aromatic nitrogens is 1. The van der Waals surface area contributed by atoms with Crippen LogP contribution in [0.25, 0.3) is 10.9 Å². The Morgan fingerprint density at radius 3 is 2.54 bits per heavy atom. The molecule has 0 aliphatic heterocycles. The number of hydrogen-bond acceptors (Lipinski definition) is 2. The van der Waals surface area contributed by atoms with Crippen molar-refractivity contribution in [2.75, 3.05) is 0 Å². The molecule has 3 nitrogen and oxygen atoms in total. The summed E-state index contributed by atoms with van der Waals surface area (Å²) in [7, 11) is 0. The average molecular weight is 496 g/mol. The molecular formula is C34H41NO2. The van der Waals surface area contributed by atoms with Gasteiger partial charge in [-0.15, -0.1) is 0 Å². The maximum atomic E-state index is 11.6. The van der Waals surface area contributed by atoms with Crippen LogP contribution in [0.4, 0.5) is 0 Å². The number of carbonyl (C=O) groups excluding carboxylic acids is 1. The number of benzene rings is 2. The summed E-state index contributed by atoms with van der Waals surface area (Å²) in [5.41, 5.74) is 6.75. The molecule has 3 aromatic rings. The minimum atomic E-state index is -0.109. The average Bonchev–Trinajstić information content (AvgIpc) is 3.37. The van der Waals surface area contributed by atoms with Gasteiger partial charge in [0.2, 0.25) is 0 Å². The number of nitrogens with zero attached hydrogens (tertiary/aromatic N) is 1. The third-order valence-electron chi connectivity index (χ3n) is 11.6. The summed E-state index contributed by atoms with van der Waals surface area (Å²) in [5, 5.41) is 1.49. The van der Waals surface area contributed by atoms with Gasteiger partial charge in [-0.05, 0) is 97.6 Å². The van der Waals surface area contributed by atoms with Crippen LogP contribution in [-0.4, -0.2) is 16.6 Å². The Morgan fingerprint density at radius 2 is 1.73 bits per heavy atom. The van der Waals surface area contributed by atoms with Gasteiger partial charge in [0.1, 0.15) is 6.10 Å². The molecule has 1 heterocycles. The Kier molecular flexibility index (Phi) is 5.40. The lowest BCUT2D eigenvalue weighted by Gasteiger charge is -2.60. The Bertz CT molecular complexity index is 1340. The molecule has 0 N–H and O–H groups in total. The first-order valence-corrected chi connectivity index (χ1v) is 14.7. The molecule has 3 fully saturated rings. The molecule has 0 radical (unpaired) electrons. The highest BCUT2D eigenvalue weighted by Gasteiger charge is 2.60. The van der Waals surface area contributed by atoms with Gasteiger partial charge in [0.15, 0.2) is 0 Å². The van der Waals surface area contributed by atoms with E-state index < -0.39 is 0 Å². The van der Waals surface area contributed by atoms with Crippen LogP contribution >= 0.6 is 0 Å². The van der Waals surface area contributed by atoms with Gasteiger partial charge < -0.3 is 9.30 Å². The smallest absolute Gasteiger partial charge is 0.302 e. The lowest BCUT2D eigenvalue weighted by Crippen LogP contribution is -2.54. The lowest BCUT2D eigenvalue weighted by atomic mass is 9.45. The van der Waals surface area contributed by atoms with Crippen LogP contribution in [0, 0.1) is 29.1 Å². The number of carbonyl (C=O) groups is 1. The normalized spacial score (nSPS) is 36.4. The van der Waals surface area contributed by atoms with Gasteiger partial charge in [0.25, 0.3) is 0 Å². The van der Waals surface area contributed by atoms with Crippen LogP contribution in [0.5, 0.6) is 0 Å². The zero-order chi connectivity index (χ0) is 25.4. The SMILES string of the molecule is CC(=O)OC1CCC2(C)C(CCC3C4Cc5c(n(Cc6ccccc6)c6ccccc56)C4(C)CCC32)C1. The number of rotatable bonds is 3. The van der Waals surface area contributed by atoms with E-state index in [-0.39, 0.29) is 17.5 Å². The van der Waals surface area contributed by atoms with E-state index in [9.17, 15) is 4.79 Å². The second-order valence-electron chi connectivity index (χ2n) is 13.2. The maximum Gasteiger partial charge on any atom is 0.302 e. The summed E-state index contributed by atoms with van der Waals surface area (Å²) < 4.78 is 8.39. The highest BCUT2D eigenvalue weighted by Crippen LogP contribution is 2.66. The standard InChI is InChI=1S/C34H41NO2/c1-22(36)37-25-15-17-33(2)24(19-25)13-14-27-29(33)16-18-34(3)30(27)20-28-26-11-7-8-12-31(26)35(32(28)34)21-23-9-5-4-6-10-23/h4-12,24-25,27,29-30H,13-21H2,1-3H3. The fraction of sp³-hybridized carbons (Fsp3) is 0.559. The van der Waals surface area contributed by atoms with Crippen molar-refractivity contribution < 1.29 is 9.53 Å². The minimum Gasteiger partial charge on any atom is -0.463 e. The maximum absolute atomic E-state index is 11.6. The Balaban J connectivity index is 1.24. The predicted octanol–water partition coefficient (Wildman–Crippen LogP) is 7.68. The fourth-order valence-corrected chi connectivity index (χ4v) is 9.94. The van der Waals surface area contributed by atoms with Crippen molar-refractivity contribution in [1.29, 1.82) is 0 Å². The Hall–Kier alpha value is -2.55. The van der Waals surface area contributed by atoms with Crippen molar-refractivity contribution >= 4 is 16.9 Å². The molecule has 7 unspecified atom stereocenters. The highest BCUT2D eigenvalue weighted by molar-refractivity contribution is 5.87. The number of hydrogen-bond donors (Lipinski definition) is 0. The molecule has 37 heavy (non-hydrogen) atoms. The van der Waals surface area contributed by atoms with Gasteiger partial charge >= 0.3 is 5.97 Å². The number of esters is 1. The first-order chi connectivity index (χ1) is 17.9. The molecule has 4 aliphatic carbocycles. The summed E-state index contributed by atoms with van der Waals surface area (Å²) in [6.07, 6.45) is 10.0. The van der Waals surface area contributed by atoms with Crippen molar-refractivity contribution in [3.8, 4) is 0 Å². The van der Waals surface area contributed by atoms with Gasteiger partial charge in [-0.1, -0.05) is 62.4 Å². The van der Waals surface area contributed by atoms with Gasteiger partial charge in [-0.3, -0.25) is 4.79 Å². The van der Waals surface area contributed by atoms with Gasteiger partial charge in [0.05, 0.1) is 0 Å². The molecule has 0 saturated heterocycles. The fourth-order valence-electron chi connectivity index (χ4n) is 9.94. The van der Waals surface area contributed by atoms with Gasteiger partial charge in [-0.2, -0.15) is 0 Å².